The molecule has 0 aromatic heterocycles. The molecule has 2 amide bonds. The molecule has 1 aliphatic rings. The number of carbonyl (C=O) groups is 2. The lowest BCUT2D eigenvalue weighted by atomic mass is 10.1. The van der Waals surface area contributed by atoms with Crippen LogP contribution in [-0.2, 0) is 26.2 Å². The third-order valence-corrected chi connectivity index (χ3v) is 9.86. The molecule has 0 saturated heterocycles. The molecule has 0 heterocycles. The Morgan fingerprint density at radius 3 is 2.27 bits per heavy atom. The summed E-state index contributed by atoms with van der Waals surface area (Å²) in [5.41, 5.74) is 1.88. The van der Waals surface area contributed by atoms with Crippen LogP contribution in [0.2, 0.25) is 10.0 Å². The van der Waals surface area contributed by atoms with Crippen molar-refractivity contribution in [2.75, 3.05) is 10.8 Å². The molecule has 3 aromatic carbocycles. The van der Waals surface area contributed by atoms with Gasteiger partial charge in [0.05, 0.1) is 20.6 Å². The van der Waals surface area contributed by atoms with Gasteiger partial charge in [0.25, 0.3) is 10.0 Å². The molecule has 1 saturated carbocycles. The SMILES string of the molecule is Cc1ccccc1CN(C(=O)CN(c1cccc(Cl)c1Cl)S(=O)(=O)c1ccccc1)[C@@H](C)C(=O)NC1CCCC1. The average molecular weight is 603 g/mol. The van der Waals surface area contributed by atoms with Crippen LogP contribution in [0, 0.1) is 6.92 Å². The van der Waals surface area contributed by atoms with E-state index in [1.165, 1.54) is 23.1 Å². The number of hydrogen-bond acceptors (Lipinski definition) is 4. The second kappa shape index (κ2) is 13.1. The fraction of sp³-hybridized carbons (Fsp3) is 0.333. The number of anilines is 1. The third-order valence-electron chi connectivity index (χ3n) is 7.28. The highest BCUT2D eigenvalue weighted by Gasteiger charge is 2.34. The highest BCUT2D eigenvalue weighted by molar-refractivity contribution is 7.92. The molecule has 0 radical (unpaired) electrons. The van der Waals surface area contributed by atoms with Crippen LogP contribution in [0.1, 0.15) is 43.7 Å². The van der Waals surface area contributed by atoms with E-state index in [0.29, 0.717) is 0 Å². The molecule has 40 heavy (non-hydrogen) atoms. The molecular weight excluding hydrogens is 569 g/mol. The molecule has 0 bridgehead atoms. The van der Waals surface area contributed by atoms with Crippen molar-refractivity contribution < 1.29 is 18.0 Å². The summed E-state index contributed by atoms with van der Waals surface area (Å²) in [6.45, 7) is 3.15. The van der Waals surface area contributed by atoms with Gasteiger partial charge in [-0.15, -0.1) is 0 Å². The first-order valence-electron chi connectivity index (χ1n) is 13.3. The fourth-order valence-electron chi connectivity index (χ4n) is 4.86. The topological polar surface area (TPSA) is 86.8 Å². The summed E-state index contributed by atoms with van der Waals surface area (Å²) in [6.07, 6.45) is 3.91. The maximum Gasteiger partial charge on any atom is 0.264 e. The molecule has 1 N–H and O–H groups in total. The molecule has 1 atom stereocenters. The van der Waals surface area contributed by atoms with Crippen molar-refractivity contribution in [1.82, 2.24) is 10.2 Å². The monoisotopic (exact) mass is 601 g/mol. The van der Waals surface area contributed by atoms with E-state index in [2.05, 4.69) is 5.32 Å². The number of nitrogens with one attached hydrogen (secondary N) is 1. The van der Waals surface area contributed by atoms with Gasteiger partial charge in [0.1, 0.15) is 12.6 Å². The van der Waals surface area contributed by atoms with Crippen molar-refractivity contribution in [2.45, 2.75) is 63.1 Å². The number of rotatable bonds is 10. The van der Waals surface area contributed by atoms with Gasteiger partial charge in [-0.3, -0.25) is 13.9 Å². The Morgan fingerprint density at radius 2 is 1.60 bits per heavy atom. The van der Waals surface area contributed by atoms with Gasteiger partial charge in [0, 0.05) is 12.6 Å². The first kappa shape index (κ1) is 29.9. The Bertz CT molecular complexity index is 1460. The van der Waals surface area contributed by atoms with Gasteiger partial charge in [-0.25, -0.2) is 8.42 Å². The lowest BCUT2D eigenvalue weighted by molar-refractivity contribution is -0.139. The van der Waals surface area contributed by atoms with Gasteiger partial charge in [0.2, 0.25) is 11.8 Å². The standard InChI is InChI=1S/C30H33Cl2N3O4S/c1-21-11-6-7-12-23(21)19-34(22(2)30(37)33-24-13-8-9-14-24)28(36)20-35(27-18-10-17-26(31)29(27)32)40(38,39)25-15-4-3-5-16-25/h3-7,10-12,15-18,22,24H,8-9,13-14,19-20H2,1-2H3,(H,33,37)/t22-/m0/s1. The predicted octanol–water partition coefficient (Wildman–Crippen LogP) is 5.97. The third kappa shape index (κ3) is 6.79. The summed E-state index contributed by atoms with van der Waals surface area (Å²) < 4.78 is 28.7. The first-order chi connectivity index (χ1) is 19.1. The quantitative estimate of drug-likeness (QED) is 0.310. The van der Waals surface area contributed by atoms with Gasteiger partial charge in [0.15, 0.2) is 0 Å². The van der Waals surface area contributed by atoms with E-state index in [4.69, 9.17) is 23.2 Å². The summed E-state index contributed by atoms with van der Waals surface area (Å²) in [7, 11) is -4.23. The fourth-order valence-corrected chi connectivity index (χ4v) is 6.76. The van der Waals surface area contributed by atoms with Crippen LogP contribution in [0.25, 0.3) is 0 Å². The lowest BCUT2D eigenvalue weighted by Gasteiger charge is -2.33. The minimum atomic E-state index is -4.23. The first-order valence-corrected chi connectivity index (χ1v) is 15.5. The van der Waals surface area contributed by atoms with Crippen LogP contribution < -0.4 is 9.62 Å². The van der Waals surface area contributed by atoms with E-state index < -0.39 is 28.5 Å². The Balaban J connectivity index is 1.72. The molecule has 3 aromatic rings. The zero-order valence-corrected chi connectivity index (χ0v) is 24.8. The highest BCUT2D eigenvalue weighted by Crippen LogP contribution is 2.35. The van der Waals surface area contributed by atoms with Crippen LogP contribution in [0.4, 0.5) is 5.69 Å². The van der Waals surface area contributed by atoms with Crippen molar-refractivity contribution in [3.63, 3.8) is 0 Å². The minimum Gasteiger partial charge on any atom is -0.352 e. The maximum absolute atomic E-state index is 14.1. The van der Waals surface area contributed by atoms with Gasteiger partial charge in [-0.1, -0.05) is 84.6 Å². The zero-order chi connectivity index (χ0) is 28.9. The van der Waals surface area contributed by atoms with Crippen molar-refractivity contribution >= 4 is 50.7 Å². The summed E-state index contributed by atoms with van der Waals surface area (Å²) in [6, 6.07) is 19.3. The summed E-state index contributed by atoms with van der Waals surface area (Å²) in [4.78, 5) is 28.8. The van der Waals surface area contributed by atoms with Crippen molar-refractivity contribution in [2.24, 2.45) is 0 Å². The van der Waals surface area contributed by atoms with E-state index in [1.807, 2.05) is 31.2 Å². The molecule has 1 aliphatic carbocycles. The smallest absolute Gasteiger partial charge is 0.264 e. The zero-order valence-electron chi connectivity index (χ0n) is 22.5. The van der Waals surface area contributed by atoms with Gasteiger partial charge >= 0.3 is 0 Å². The number of nitrogens with zero attached hydrogens (tertiary/aromatic N) is 2. The molecule has 212 valence electrons. The number of hydrogen-bond donors (Lipinski definition) is 1. The summed E-state index contributed by atoms with van der Waals surface area (Å²) in [5.74, 6) is -0.819. The number of carbonyl (C=O) groups excluding carboxylic acids is 2. The number of amides is 2. The van der Waals surface area contributed by atoms with Crippen molar-refractivity contribution in [3.8, 4) is 0 Å². The molecule has 1 fully saturated rings. The number of benzene rings is 3. The Hall–Kier alpha value is -3.07. The highest BCUT2D eigenvalue weighted by atomic mass is 35.5. The molecule has 4 rings (SSSR count). The molecular formula is C30H33Cl2N3O4S. The van der Waals surface area contributed by atoms with Crippen LogP contribution >= 0.6 is 23.2 Å². The largest absolute Gasteiger partial charge is 0.352 e. The maximum atomic E-state index is 14.1. The van der Waals surface area contributed by atoms with E-state index in [9.17, 15) is 18.0 Å². The molecule has 7 nitrogen and oxygen atoms in total. The van der Waals surface area contributed by atoms with Gasteiger partial charge in [-0.2, -0.15) is 0 Å². The second-order valence-electron chi connectivity index (χ2n) is 10.0. The van der Waals surface area contributed by atoms with Crippen LogP contribution in [0.3, 0.4) is 0 Å². The molecule has 10 heteroatoms. The Kier molecular flexibility index (Phi) is 9.77. The van der Waals surface area contributed by atoms with E-state index in [1.54, 1.807) is 37.3 Å². The van der Waals surface area contributed by atoms with Gasteiger partial charge < -0.3 is 10.2 Å². The molecule has 0 aliphatic heterocycles. The van der Waals surface area contributed by atoms with Crippen LogP contribution in [0.5, 0.6) is 0 Å². The predicted molar refractivity (Wildman–Crippen MR) is 159 cm³/mol. The van der Waals surface area contributed by atoms with Gasteiger partial charge in [-0.05, 0) is 62.1 Å². The average Bonchev–Trinajstić information content (AvgIpc) is 3.46. The second-order valence-corrected chi connectivity index (χ2v) is 12.7. The van der Waals surface area contributed by atoms with Crippen LogP contribution in [0.15, 0.2) is 77.7 Å². The van der Waals surface area contributed by atoms with Crippen molar-refractivity contribution in [3.05, 3.63) is 94.0 Å². The van der Waals surface area contributed by atoms with E-state index in [-0.39, 0.29) is 39.1 Å². The normalized spacial score (nSPS) is 14.5. The molecule has 0 spiro atoms. The minimum absolute atomic E-state index is 0.00341. The summed E-state index contributed by atoms with van der Waals surface area (Å²) in [5, 5.41) is 3.23. The van der Waals surface area contributed by atoms with E-state index >= 15 is 0 Å². The lowest BCUT2D eigenvalue weighted by Crippen LogP contribution is -2.52. The molecule has 0 unspecified atom stereocenters. The Morgan fingerprint density at radius 1 is 0.950 bits per heavy atom. The number of aryl methyl sites for hydroxylation is 1. The van der Waals surface area contributed by atoms with Crippen molar-refractivity contribution in [1.29, 1.82) is 0 Å². The van der Waals surface area contributed by atoms with Crippen LogP contribution in [-0.4, -0.2) is 43.8 Å². The number of halogens is 2. The summed E-state index contributed by atoms with van der Waals surface area (Å²) >= 11 is 12.7. The number of sulfonamides is 1. The van der Waals surface area contributed by atoms with E-state index in [0.717, 1.165) is 41.1 Å². The Labute approximate surface area is 246 Å².